The molecule has 2 aromatic carbocycles. The normalized spacial score (nSPS) is 15.9. The first-order valence-electron chi connectivity index (χ1n) is 10.9. The maximum Gasteiger partial charge on any atom is 0.109 e. The largest absolute Gasteiger partial charge is 0.316 e. The summed E-state index contributed by atoms with van der Waals surface area (Å²) in [5.74, 6) is 0.600. The van der Waals surface area contributed by atoms with Crippen molar-refractivity contribution in [1.29, 1.82) is 5.26 Å². The molecule has 0 amide bonds. The van der Waals surface area contributed by atoms with E-state index in [0.29, 0.717) is 11.5 Å². The molecule has 1 fully saturated rings. The van der Waals surface area contributed by atoms with Crippen molar-refractivity contribution >= 4 is 11.0 Å². The van der Waals surface area contributed by atoms with Crippen molar-refractivity contribution in [3.8, 4) is 28.5 Å². The maximum atomic E-state index is 9.19. The molecule has 0 bridgehead atoms. The zero-order valence-corrected chi connectivity index (χ0v) is 17.7. The van der Waals surface area contributed by atoms with E-state index in [0.717, 1.165) is 59.5 Å². The van der Waals surface area contributed by atoms with E-state index in [1.54, 1.807) is 0 Å². The molecule has 2 aromatic heterocycles. The molecule has 1 saturated heterocycles. The van der Waals surface area contributed by atoms with Crippen LogP contribution in [0.3, 0.4) is 0 Å². The number of hydrogen-bond acceptors (Lipinski definition) is 4. The van der Waals surface area contributed by atoms with Crippen molar-refractivity contribution < 1.29 is 0 Å². The molecule has 0 radical (unpaired) electrons. The summed E-state index contributed by atoms with van der Waals surface area (Å²) in [5, 5.41) is 17.3. The second kappa shape index (κ2) is 8.33. The Morgan fingerprint density at radius 3 is 2.55 bits per heavy atom. The van der Waals surface area contributed by atoms with Crippen molar-refractivity contribution in [1.82, 2.24) is 20.1 Å². The van der Waals surface area contributed by atoms with Crippen LogP contribution in [0.2, 0.25) is 0 Å². The Kier molecular flexibility index (Phi) is 5.23. The number of aromatic nitrogens is 3. The van der Waals surface area contributed by atoms with Gasteiger partial charge in [0.15, 0.2) is 0 Å². The van der Waals surface area contributed by atoms with Gasteiger partial charge in [0.05, 0.1) is 29.0 Å². The maximum absolute atomic E-state index is 9.19. The number of aryl methyl sites for hydroxylation is 1. The first kappa shape index (κ1) is 19.5. The molecule has 0 spiro atoms. The van der Waals surface area contributed by atoms with E-state index in [9.17, 15) is 5.26 Å². The van der Waals surface area contributed by atoms with Gasteiger partial charge in [-0.15, -0.1) is 0 Å². The molecule has 31 heavy (non-hydrogen) atoms. The minimum Gasteiger partial charge on any atom is -0.316 e. The summed E-state index contributed by atoms with van der Waals surface area (Å²) in [6, 6.07) is 20.8. The number of nitrogens with zero attached hydrogens (tertiary/aromatic N) is 4. The number of pyridine rings is 1. The van der Waals surface area contributed by atoms with Crippen molar-refractivity contribution in [2.75, 3.05) is 13.1 Å². The topological polar surface area (TPSA) is 66.5 Å². The fourth-order valence-electron chi connectivity index (χ4n) is 4.33. The fourth-order valence-corrected chi connectivity index (χ4v) is 4.33. The van der Waals surface area contributed by atoms with Crippen LogP contribution < -0.4 is 5.32 Å². The Morgan fingerprint density at radius 2 is 1.87 bits per heavy atom. The van der Waals surface area contributed by atoms with Crippen LogP contribution in [0.15, 0.2) is 60.8 Å². The molecular formula is C26H25N5. The van der Waals surface area contributed by atoms with E-state index in [1.165, 1.54) is 12.0 Å². The lowest BCUT2D eigenvalue weighted by Gasteiger charge is -2.13. The van der Waals surface area contributed by atoms with Gasteiger partial charge >= 0.3 is 0 Å². The second-order valence-corrected chi connectivity index (χ2v) is 8.21. The van der Waals surface area contributed by atoms with E-state index in [2.05, 4.69) is 58.4 Å². The molecule has 1 aliphatic heterocycles. The van der Waals surface area contributed by atoms with Gasteiger partial charge in [-0.3, -0.25) is 4.68 Å². The van der Waals surface area contributed by atoms with Gasteiger partial charge in [0.2, 0.25) is 0 Å². The second-order valence-electron chi connectivity index (χ2n) is 8.21. The highest BCUT2D eigenvalue weighted by Crippen LogP contribution is 2.34. The van der Waals surface area contributed by atoms with Crippen molar-refractivity contribution in [3.05, 3.63) is 71.9 Å². The molecule has 3 heterocycles. The van der Waals surface area contributed by atoms with E-state index in [4.69, 9.17) is 4.98 Å². The van der Waals surface area contributed by atoms with Crippen LogP contribution in [0.5, 0.6) is 0 Å². The van der Waals surface area contributed by atoms with Crippen LogP contribution >= 0.6 is 0 Å². The molecule has 5 heteroatoms. The number of hydrogen-bond donors (Lipinski definition) is 1. The Morgan fingerprint density at radius 1 is 1.10 bits per heavy atom. The summed E-state index contributed by atoms with van der Waals surface area (Å²) in [5.41, 5.74) is 8.09. The highest BCUT2D eigenvalue weighted by molar-refractivity contribution is 5.90. The third-order valence-electron chi connectivity index (χ3n) is 6.18. The Labute approximate surface area is 182 Å². The number of nitrogens with one attached hydrogen (secondary N) is 1. The smallest absolute Gasteiger partial charge is 0.109 e. The van der Waals surface area contributed by atoms with Gasteiger partial charge in [-0.25, -0.2) is 4.98 Å². The quantitative estimate of drug-likeness (QED) is 0.516. The van der Waals surface area contributed by atoms with Crippen LogP contribution in [-0.2, 0) is 13.0 Å². The van der Waals surface area contributed by atoms with Crippen LogP contribution in [0, 0.1) is 17.2 Å². The van der Waals surface area contributed by atoms with Crippen LogP contribution in [-0.4, -0.2) is 27.9 Å². The average molecular weight is 408 g/mol. The first-order chi connectivity index (χ1) is 15.2. The standard InChI is InChI=1S/C26H25N5/c1-2-18-3-9-22(10-4-18)26-23(21-7-5-19(14-27)6-8-21)13-25-24(30-26)16-29-31(25)17-20-11-12-28-15-20/h3-10,13,16,20,28H,2,11-12,15,17H2,1H3. The highest BCUT2D eigenvalue weighted by atomic mass is 15.3. The van der Waals surface area contributed by atoms with E-state index in [-0.39, 0.29) is 0 Å². The van der Waals surface area contributed by atoms with Gasteiger partial charge < -0.3 is 5.32 Å². The number of benzene rings is 2. The van der Waals surface area contributed by atoms with E-state index < -0.39 is 0 Å². The Bertz CT molecular complexity index is 1240. The molecule has 0 aliphatic carbocycles. The summed E-state index contributed by atoms with van der Waals surface area (Å²) in [6.07, 6.45) is 4.07. The molecule has 1 unspecified atom stereocenters. The average Bonchev–Trinajstić information content (AvgIpc) is 3.49. The molecule has 4 aromatic rings. The summed E-state index contributed by atoms with van der Waals surface area (Å²) < 4.78 is 2.09. The van der Waals surface area contributed by atoms with E-state index >= 15 is 0 Å². The lowest BCUT2D eigenvalue weighted by Crippen LogP contribution is -2.15. The third-order valence-corrected chi connectivity index (χ3v) is 6.18. The van der Waals surface area contributed by atoms with Gasteiger partial charge in [-0.2, -0.15) is 10.4 Å². The third kappa shape index (κ3) is 3.83. The lowest BCUT2D eigenvalue weighted by molar-refractivity contribution is 0.459. The Balaban J connectivity index is 1.65. The summed E-state index contributed by atoms with van der Waals surface area (Å²) >= 11 is 0. The van der Waals surface area contributed by atoms with Crippen molar-refractivity contribution in [3.63, 3.8) is 0 Å². The zero-order valence-electron chi connectivity index (χ0n) is 17.7. The van der Waals surface area contributed by atoms with Gasteiger partial charge in [-0.05, 0) is 61.2 Å². The molecule has 0 saturated carbocycles. The zero-order chi connectivity index (χ0) is 21.2. The van der Waals surface area contributed by atoms with Gasteiger partial charge in [-0.1, -0.05) is 43.3 Å². The number of nitriles is 1. The minimum absolute atomic E-state index is 0.600. The van der Waals surface area contributed by atoms with Crippen LogP contribution in [0.4, 0.5) is 0 Å². The number of fused-ring (bicyclic) bond motifs is 1. The fraction of sp³-hybridized carbons (Fsp3) is 0.269. The van der Waals surface area contributed by atoms with Gasteiger partial charge in [0, 0.05) is 17.7 Å². The number of rotatable bonds is 5. The predicted molar refractivity (Wildman–Crippen MR) is 123 cm³/mol. The van der Waals surface area contributed by atoms with Crippen molar-refractivity contribution in [2.45, 2.75) is 26.3 Å². The highest BCUT2D eigenvalue weighted by Gasteiger charge is 2.19. The van der Waals surface area contributed by atoms with Crippen molar-refractivity contribution in [2.24, 2.45) is 5.92 Å². The molecular weight excluding hydrogens is 382 g/mol. The first-order valence-corrected chi connectivity index (χ1v) is 10.9. The summed E-state index contributed by atoms with van der Waals surface area (Å²) in [6.45, 7) is 5.18. The van der Waals surface area contributed by atoms with Crippen LogP contribution in [0.1, 0.15) is 24.5 Å². The lowest BCUT2D eigenvalue weighted by atomic mass is 9.97. The Hall–Kier alpha value is -3.49. The van der Waals surface area contributed by atoms with Gasteiger partial charge in [0.1, 0.15) is 5.52 Å². The minimum atomic E-state index is 0.600. The molecule has 5 rings (SSSR count). The van der Waals surface area contributed by atoms with Gasteiger partial charge in [0.25, 0.3) is 0 Å². The van der Waals surface area contributed by atoms with E-state index in [1.807, 2.05) is 30.5 Å². The molecule has 154 valence electrons. The predicted octanol–water partition coefficient (Wildman–Crippen LogP) is 4.81. The summed E-state index contributed by atoms with van der Waals surface area (Å²) in [7, 11) is 0. The molecule has 1 atom stereocenters. The molecule has 1 N–H and O–H groups in total. The summed E-state index contributed by atoms with van der Waals surface area (Å²) in [4.78, 5) is 5.05. The monoisotopic (exact) mass is 407 g/mol. The SMILES string of the molecule is CCc1ccc(-c2nc3cnn(CC4CCNC4)c3cc2-c2ccc(C#N)cc2)cc1. The molecule has 5 nitrogen and oxygen atoms in total. The molecule has 1 aliphatic rings. The van der Waals surface area contributed by atoms with Crippen LogP contribution in [0.25, 0.3) is 33.4 Å².